The van der Waals surface area contributed by atoms with E-state index in [2.05, 4.69) is 28.6 Å². The first-order chi connectivity index (χ1) is 15.9. The number of anilines is 1. The van der Waals surface area contributed by atoms with Crippen LogP contribution in [0.5, 0.6) is 0 Å². The minimum Gasteiger partial charge on any atom is -0.465 e. The number of fused-ring (bicyclic) bond motifs is 1. The first kappa shape index (κ1) is 23.0. The van der Waals surface area contributed by atoms with Crippen LogP contribution in [0, 0.1) is 5.82 Å². The number of hydrogen-bond donors (Lipinski definition) is 1. The smallest absolute Gasteiger partial charge is 0.350 e. The maximum Gasteiger partial charge on any atom is 0.350 e. The van der Waals surface area contributed by atoms with Crippen molar-refractivity contribution < 1.29 is 18.7 Å². The highest BCUT2D eigenvalue weighted by atomic mass is 32.1. The number of benzene rings is 1. The normalized spacial score (nSPS) is 12.2. The first-order valence-corrected chi connectivity index (χ1v) is 11.9. The molecular formula is C24H22FN3O3S2. The summed E-state index contributed by atoms with van der Waals surface area (Å²) in [4.78, 5) is 34.2. The minimum absolute atomic E-state index is 0.152. The van der Waals surface area contributed by atoms with E-state index in [0.29, 0.717) is 22.4 Å². The van der Waals surface area contributed by atoms with Crippen molar-refractivity contribution in [3.63, 3.8) is 0 Å². The van der Waals surface area contributed by atoms with E-state index in [4.69, 9.17) is 9.72 Å². The molecule has 0 aliphatic heterocycles. The van der Waals surface area contributed by atoms with Gasteiger partial charge in [0.1, 0.15) is 15.5 Å². The Morgan fingerprint density at radius 1 is 1.21 bits per heavy atom. The quantitative estimate of drug-likeness (QED) is 0.340. The van der Waals surface area contributed by atoms with Crippen molar-refractivity contribution >= 4 is 50.5 Å². The number of nitrogens with zero attached hydrogens (tertiary/aromatic N) is 2. The number of hydrogen-bond acceptors (Lipinski definition) is 7. The molecule has 3 aromatic heterocycles. The van der Waals surface area contributed by atoms with Crippen LogP contribution >= 0.6 is 22.7 Å². The highest BCUT2D eigenvalue weighted by molar-refractivity contribution is 7.21. The molecule has 1 amide bonds. The van der Waals surface area contributed by atoms with E-state index >= 15 is 0 Å². The van der Waals surface area contributed by atoms with E-state index in [1.54, 1.807) is 11.3 Å². The molecule has 6 nitrogen and oxygen atoms in total. The monoisotopic (exact) mass is 483 g/mol. The second kappa shape index (κ2) is 9.78. The largest absolute Gasteiger partial charge is 0.465 e. The highest BCUT2D eigenvalue weighted by Crippen LogP contribution is 2.36. The summed E-state index contributed by atoms with van der Waals surface area (Å²) in [7, 11) is 3.32. The zero-order valence-electron chi connectivity index (χ0n) is 18.3. The van der Waals surface area contributed by atoms with Gasteiger partial charge in [0, 0.05) is 28.4 Å². The highest BCUT2D eigenvalue weighted by Gasteiger charge is 2.23. The standard InChI is InChI=1S/C24H22FN3O3S2/c1-14(19-8-5-11-32-19)28(2)13-17-9-10-18-20(21(24(30)31-3)33-23(18)26-17)27-22(29)15-6-4-7-16(25)12-15/h4-12,14H,13H2,1-3H3,(H,27,29)/t14-/m1/s1. The molecule has 1 N–H and O–H groups in total. The van der Waals surface area contributed by atoms with Crippen molar-refractivity contribution in [3.8, 4) is 0 Å². The van der Waals surface area contributed by atoms with Gasteiger partial charge in [-0.15, -0.1) is 22.7 Å². The molecule has 0 aliphatic carbocycles. The molecule has 0 fully saturated rings. The second-order valence-electron chi connectivity index (χ2n) is 7.52. The second-order valence-corrected chi connectivity index (χ2v) is 9.50. The number of nitrogens with one attached hydrogen (secondary N) is 1. The molecule has 3 heterocycles. The van der Waals surface area contributed by atoms with Gasteiger partial charge in [-0.2, -0.15) is 0 Å². The summed E-state index contributed by atoms with van der Waals surface area (Å²) >= 11 is 2.87. The summed E-state index contributed by atoms with van der Waals surface area (Å²) < 4.78 is 18.5. The number of carbonyl (C=O) groups is 2. The molecule has 0 radical (unpaired) electrons. The van der Waals surface area contributed by atoms with E-state index in [0.717, 1.165) is 23.1 Å². The van der Waals surface area contributed by atoms with Crippen LogP contribution in [0.3, 0.4) is 0 Å². The fourth-order valence-electron chi connectivity index (χ4n) is 3.42. The number of esters is 1. The van der Waals surface area contributed by atoms with Crippen molar-refractivity contribution in [2.24, 2.45) is 0 Å². The van der Waals surface area contributed by atoms with Crippen LogP contribution in [0.4, 0.5) is 10.1 Å². The number of ether oxygens (including phenoxy) is 1. The number of thiophene rings is 2. The van der Waals surface area contributed by atoms with Crippen LogP contribution in [0.1, 0.15) is 43.6 Å². The Balaban J connectivity index is 1.64. The Hall–Kier alpha value is -3.14. The number of aromatic nitrogens is 1. The molecule has 33 heavy (non-hydrogen) atoms. The lowest BCUT2D eigenvalue weighted by atomic mass is 10.2. The fraction of sp³-hybridized carbons (Fsp3) is 0.208. The molecule has 4 aromatic rings. The third-order valence-electron chi connectivity index (χ3n) is 5.34. The van der Waals surface area contributed by atoms with Gasteiger partial charge in [0.25, 0.3) is 5.91 Å². The lowest BCUT2D eigenvalue weighted by Gasteiger charge is -2.23. The Morgan fingerprint density at radius 3 is 2.73 bits per heavy atom. The maximum atomic E-state index is 13.6. The molecule has 1 atom stereocenters. The Labute approximate surface area is 198 Å². The molecule has 9 heteroatoms. The molecule has 1 aromatic carbocycles. The lowest BCUT2D eigenvalue weighted by Crippen LogP contribution is -2.21. The van der Waals surface area contributed by atoms with Crippen LogP contribution in [0.2, 0.25) is 0 Å². The van der Waals surface area contributed by atoms with E-state index in [1.165, 1.54) is 30.2 Å². The average molecular weight is 484 g/mol. The number of amides is 1. The number of pyridine rings is 1. The fourth-order valence-corrected chi connectivity index (χ4v) is 5.33. The maximum absolute atomic E-state index is 13.6. The third kappa shape index (κ3) is 4.95. The van der Waals surface area contributed by atoms with Crippen LogP contribution in [-0.2, 0) is 11.3 Å². The predicted molar refractivity (Wildman–Crippen MR) is 130 cm³/mol. The number of rotatable bonds is 7. The van der Waals surface area contributed by atoms with Gasteiger partial charge in [0.2, 0.25) is 0 Å². The Kier molecular flexibility index (Phi) is 6.83. The van der Waals surface area contributed by atoms with E-state index < -0.39 is 17.7 Å². The molecule has 0 spiro atoms. The molecular weight excluding hydrogens is 461 g/mol. The first-order valence-electron chi connectivity index (χ1n) is 10.2. The van der Waals surface area contributed by atoms with Crippen LogP contribution < -0.4 is 5.32 Å². The Bertz CT molecular complexity index is 1300. The summed E-state index contributed by atoms with van der Waals surface area (Å²) in [6, 6.07) is 13.5. The van der Waals surface area contributed by atoms with Gasteiger partial charge in [-0.05, 0) is 55.7 Å². The summed E-state index contributed by atoms with van der Waals surface area (Å²) in [5, 5.41) is 5.43. The molecule has 0 aliphatic rings. The van der Waals surface area contributed by atoms with E-state index in [9.17, 15) is 14.0 Å². The molecule has 0 saturated carbocycles. The minimum atomic E-state index is -0.572. The molecule has 170 valence electrons. The van der Waals surface area contributed by atoms with Crippen molar-refractivity contribution in [1.29, 1.82) is 0 Å². The van der Waals surface area contributed by atoms with E-state index in [-0.39, 0.29) is 16.5 Å². The van der Waals surface area contributed by atoms with Crippen molar-refractivity contribution in [1.82, 2.24) is 9.88 Å². The third-order valence-corrected chi connectivity index (χ3v) is 7.46. The molecule has 0 bridgehead atoms. The van der Waals surface area contributed by atoms with Crippen molar-refractivity contribution in [2.75, 3.05) is 19.5 Å². The van der Waals surface area contributed by atoms with Gasteiger partial charge in [-0.1, -0.05) is 12.1 Å². The van der Waals surface area contributed by atoms with Gasteiger partial charge in [-0.25, -0.2) is 14.2 Å². The van der Waals surface area contributed by atoms with Crippen LogP contribution in [0.15, 0.2) is 53.9 Å². The predicted octanol–water partition coefficient (Wildman–Crippen LogP) is 5.73. The molecule has 4 rings (SSSR count). The molecule has 0 saturated heterocycles. The zero-order valence-corrected chi connectivity index (χ0v) is 19.9. The lowest BCUT2D eigenvalue weighted by molar-refractivity contribution is 0.0607. The van der Waals surface area contributed by atoms with Gasteiger partial charge < -0.3 is 10.1 Å². The number of carbonyl (C=O) groups excluding carboxylic acids is 2. The van der Waals surface area contributed by atoms with Crippen LogP contribution in [-0.4, -0.2) is 35.9 Å². The van der Waals surface area contributed by atoms with Gasteiger partial charge in [-0.3, -0.25) is 9.69 Å². The topological polar surface area (TPSA) is 71.5 Å². The Morgan fingerprint density at radius 2 is 2.03 bits per heavy atom. The summed E-state index contributed by atoms with van der Waals surface area (Å²) in [6.45, 7) is 2.76. The summed E-state index contributed by atoms with van der Waals surface area (Å²) in [6.07, 6.45) is 0. The van der Waals surface area contributed by atoms with Crippen molar-refractivity contribution in [2.45, 2.75) is 19.5 Å². The average Bonchev–Trinajstić information content (AvgIpc) is 3.46. The molecule has 0 unspecified atom stereocenters. The van der Waals surface area contributed by atoms with Crippen molar-refractivity contribution in [3.05, 3.63) is 80.7 Å². The van der Waals surface area contributed by atoms with Crippen LogP contribution in [0.25, 0.3) is 10.2 Å². The van der Waals surface area contributed by atoms with Gasteiger partial charge >= 0.3 is 5.97 Å². The number of halogens is 1. The number of methoxy groups -OCH3 is 1. The van der Waals surface area contributed by atoms with Gasteiger partial charge in [0.05, 0.1) is 18.5 Å². The van der Waals surface area contributed by atoms with E-state index in [1.807, 2.05) is 25.2 Å². The zero-order chi connectivity index (χ0) is 23.5. The summed E-state index contributed by atoms with van der Waals surface area (Å²) in [5.41, 5.74) is 1.31. The van der Waals surface area contributed by atoms with Gasteiger partial charge in [0.15, 0.2) is 0 Å². The SMILES string of the molecule is COC(=O)c1sc2nc(CN(C)[C@H](C)c3cccs3)ccc2c1NC(=O)c1cccc(F)c1. The summed E-state index contributed by atoms with van der Waals surface area (Å²) in [5.74, 6) is -1.61.